The Kier molecular flexibility index (Phi) is 6.48. The quantitative estimate of drug-likeness (QED) is 0.188. The molecule has 1 aliphatic heterocycles. The van der Waals surface area contributed by atoms with Crippen molar-refractivity contribution in [1.82, 2.24) is 9.47 Å². The predicted octanol–water partition coefficient (Wildman–Crippen LogP) is 4.70. The van der Waals surface area contributed by atoms with Crippen molar-refractivity contribution in [3.8, 4) is 0 Å². The molecular formula is C29H26N2O6. The van der Waals surface area contributed by atoms with Crippen molar-refractivity contribution in [2.45, 2.75) is 33.2 Å². The predicted molar refractivity (Wildman–Crippen MR) is 136 cm³/mol. The van der Waals surface area contributed by atoms with Crippen molar-refractivity contribution in [2.75, 3.05) is 13.2 Å². The number of carbonyl (C=O) groups is 4. The standard InChI is InChI=1S/C29H26N2O6/c1-18-15-24(19(2)31(18)16-21-9-6-14-36-21)25(32)17-37-26(33)12-5-13-30-28(34)22-10-3-7-20-8-4-11-23(27(20)22)29(30)35/h3-4,6-11,14-15H,5,12-13,16-17H2,1-2H3. The maximum absolute atomic E-state index is 13.0. The number of aryl methyl sites for hydroxylation is 1. The molecule has 0 saturated carbocycles. The molecule has 0 fully saturated rings. The van der Waals surface area contributed by atoms with Crippen molar-refractivity contribution in [3.05, 3.63) is 94.7 Å². The highest BCUT2D eigenvalue weighted by atomic mass is 16.5. The van der Waals surface area contributed by atoms with Crippen LogP contribution < -0.4 is 0 Å². The van der Waals surface area contributed by atoms with Crippen LogP contribution in [0.25, 0.3) is 10.8 Å². The summed E-state index contributed by atoms with van der Waals surface area (Å²) in [7, 11) is 0. The van der Waals surface area contributed by atoms with E-state index in [4.69, 9.17) is 9.15 Å². The maximum atomic E-state index is 13.0. The second-order valence-electron chi connectivity index (χ2n) is 9.11. The Morgan fingerprint density at radius 1 is 0.946 bits per heavy atom. The van der Waals surface area contributed by atoms with Gasteiger partial charge in [-0.25, -0.2) is 0 Å². The van der Waals surface area contributed by atoms with E-state index in [-0.39, 0.29) is 43.6 Å². The van der Waals surface area contributed by atoms with E-state index in [0.717, 1.165) is 22.5 Å². The van der Waals surface area contributed by atoms with Crippen molar-refractivity contribution >= 4 is 34.3 Å². The van der Waals surface area contributed by atoms with Gasteiger partial charge in [-0.1, -0.05) is 24.3 Å². The van der Waals surface area contributed by atoms with Gasteiger partial charge in [0.05, 0.1) is 12.8 Å². The molecule has 8 nitrogen and oxygen atoms in total. The topological polar surface area (TPSA) is 98.8 Å². The molecule has 2 amide bonds. The lowest BCUT2D eigenvalue weighted by molar-refractivity contribution is -0.142. The molecule has 1 aliphatic rings. The number of carbonyl (C=O) groups excluding carboxylic acids is 4. The molecule has 0 N–H and O–H groups in total. The summed E-state index contributed by atoms with van der Waals surface area (Å²) < 4.78 is 12.6. The summed E-state index contributed by atoms with van der Waals surface area (Å²) in [5.41, 5.74) is 3.12. The molecule has 0 aliphatic carbocycles. The summed E-state index contributed by atoms with van der Waals surface area (Å²) >= 11 is 0. The fraction of sp³-hybridized carbons (Fsp3) is 0.241. The van der Waals surface area contributed by atoms with E-state index >= 15 is 0 Å². The third kappa shape index (κ3) is 4.58. The van der Waals surface area contributed by atoms with Gasteiger partial charge in [0.2, 0.25) is 5.78 Å². The second kappa shape index (κ2) is 9.89. The number of esters is 1. The van der Waals surface area contributed by atoms with Gasteiger partial charge in [-0.3, -0.25) is 24.1 Å². The van der Waals surface area contributed by atoms with E-state index in [2.05, 4.69) is 0 Å². The summed E-state index contributed by atoms with van der Waals surface area (Å²) in [6, 6.07) is 16.2. The monoisotopic (exact) mass is 498 g/mol. The third-order valence-corrected chi connectivity index (χ3v) is 6.75. The van der Waals surface area contributed by atoms with Crippen LogP contribution in [0.15, 0.2) is 65.3 Å². The number of imide groups is 1. The minimum Gasteiger partial charge on any atom is -0.467 e. The van der Waals surface area contributed by atoms with Gasteiger partial charge in [0, 0.05) is 46.4 Å². The van der Waals surface area contributed by atoms with E-state index in [1.165, 1.54) is 4.90 Å². The van der Waals surface area contributed by atoms with Gasteiger partial charge < -0.3 is 13.7 Å². The number of hydrogen-bond donors (Lipinski definition) is 0. The number of furan rings is 1. The van der Waals surface area contributed by atoms with Crippen LogP contribution in [0.5, 0.6) is 0 Å². The zero-order valence-electron chi connectivity index (χ0n) is 20.7. The summed E-state index contributed by atoms with van der Waals surface area (Å²) in [5.74, 6) is -0.820. The molecular weight excluding hydrogens is 472 g/mol. The molecule has 0 bridgehead atoms. The number of hydrogen-bond acceptors (Lipinski definition) is 6. The molecule has 0 radical (unpaired) electrons. The Hall–Kier alpha value is -4.46. The SMILES string of the molecule is Cc1cc(C(=O)COC(=O)CCCN2C(=O)c3cccc4cccc(c34)C2=O)c(C)n1Cc1ccco1. The minimum absolute atomic E-state index is 0.0201. The van der Waals surface area contributed by atoms with Gasteiger partial charge in [-0.05, 0) is 56.0 Å². The largest absolute Gasteiger partial charge is 0.467 e. The molecule has 2 aromatic heterocycles. The first-order valence-electron chi connectivity index (χ1n) is 12.1. The Bertz CT molecular complexity index is 1480. The second-order valence-corrected chi connectivity index (χ2v) is 9.11. The van der Waals surface area contributed by atoms with Gasteiger partial charge in [0.25, 0.3) is 11.8 Å². The highest BCUT2D eigenvalue weighted by Crippen LogP contribution is 2.30. The molecule has 37 heavy (non-hydrogen) atoms. The van der Waals surface area contributed by atoms with E-state index in [1.807, 2.05) is 42.7 Å². The van der Waals surface area contributed by atoms with Crippen LogP contribution >= 0.6 is 0 Å². The van der Waals surface area contributed by atoms with Gasteiger partial charge in [-0.15, -0.1) is 0 Å². The molecule has 5 rings (SSSR count). The molecule has 2 aromatic carbocycles. The van der Waals surface area contributed by atoms with Crippen LogP contribution in [0.3, 0.4) is 0 Å². The molecule has 0 atom stereocenters. The van der Waals surface area contributed by atoms with Gasteiger partial charge in [0.1, 0.15) is 5.76 Å². The van der Waals surface area contributed by atoms with E-state index < -0.39 is 5.97 Å². The number of aromatic nitrogens is 1. The number of nitrogens with zero attached hydrogens (tertiary/aromatic N) is 2. The lowest BCUT2D eigenvalue weighted by Crippen LogP contribution is -2.41. The van der Waals surface area contributed by atoms with Crippen LogP contribution in [0.4, 0.5) is 0 Å². The molecule has 0 unspecified atom stereocenters. The number of Topliss-reactive ketones (excluding diaryl/α,β-unsaturated/α-hetero) is 1. The van der Waals surface area contributed by atoms with E-state index in [0.29, 0.717) is 28.6 Å². The molecule has 3 heterocycles. The summed E-state index contributed by atoms with van der Waals surface area (Å²) in [4.78, 5) is 52.2. The first-order chi connectivity index (χ1) is 17.8. The van der Waals surface area contributed by atoms with Gasteiger partial charge in [-0.2, -0.15) is 0 Å². The average molecular weight is 499 g/mol. The lowest BCUT2D eigenvalue weighted by atomic mass is 9.94. The van der Waals surface area contributed by atoms with Crippen molar-refractivity contribution in [2.24, 2.45) is 0 Å². The van der Waals surface area contributed by atoms with E-state index in [1.54, 1.807) is 36.6 Å². The summed E-state index contributed by atoms with van der Waals surface area (Å²) in [6.45, 7) is 3.96. The van der Waals surface area contributed by atoms with E-state index in [9.17, 15) is 19.2 Å². The molecule has 0 spiro atoms. The Morgan fingerprint density at radius 2 is 1.65 bits per heavy atom. The Labute approximate surface area is 213 Å². The number of ketones is 1. The number of ether oxygens (including phenoxy) is 1. The molecule has 188 valence electrons. The summed E-state index contributed by atoms with van der Waals surface area (Å²) in [6.07, 6.45) is 1.82. The fourth-order valence-electron chi connectivity index (χ4n) is 4.85. The van der Waals surface area contributed by atoms with Gasteiger partial charge in [0.15, 0.2) is 6.61 Å². The summed E-state index contributed by atoms with van der Waals surface area (Å²) in [5, 5.41) is 1.50. The van der Waals surface area contributed by atoms with Crippen LogP contribution in [-0.4, -0.2) is 46.2 Å². The van der Waals surface area contributed by atoms with Gasteiger partial charge >= 0.3 is 5.97 Å². The maximum Gasteiger partial charge on any atom is 0.306 e. The smallest absolute Gasteiger partial charge is 0.306 e. The van der Waals surface area contributed by atoms with Crippen LogP contribution in [0.2, 0.25) is 0 Å². The van der Waals surface area contributed by atoms with Crippen molar-refractivity contribution in [3.63, 3.8) is 0 Å². The number of benzene rings is 2. The minimum atomic E-state index is -0.558. The first kappa shape index (κ1) is 24.2. The molecule has 0 saturated heterocycles. The Balaban J connectivity index is 1.15. The normalized spacial score (nSPS) is 12.9. The zero-order valence-corrected chi connectivity index (χ0v) is 20.7. The number of amides is 2. The van der Waals surface area contributed by atoms with Crippen LogP contribution in [0.1, 0.15) is 61.1 Å². The molecule has 8 heteroatoms. The molecule has 4 aromatic rings. The fourth-order valence-corrected chi connectivity index (χ4v) is 4.85. The highest BCUT2D eigenvalue weighted by molar-refractivity contribution is 6.25. The highest BCUT2D eigenvalue weighted by Gasteiger charge is 2.32. The third-order valence-electron chi connectivity index (χ3n) is 6.75. The van der Waals surface area contributed by atoms with Crippen molar-refractivity contribution in [1.29, 1.82) is 0 Å². The average Bonchev–Trinajstić information content (AvgIpc) is 3.51. The number of rotatable bonds is 9. The van der Waals surface area contributed by atoms with Crippen molar-refractivity contribution < 1.29 is 28.3 Å². The van der Waals surface area contributed by atoms with Crippen LogP contribution in [-0.2, 0) is 16.1 Å². The Morgan fingerprint density at radius 3 is 2.30 bits per heavy atom. The van der Waals surface area contributed by atoms with Crippen LogP contribution in [0, 0.1) is 13.8 Å². The zero-order chi connectivity index (χ0) is 26.1. The lowest BCUT2D eigenvalue weighted by Gasteiger charge is -2.27. The first-order valence-corrected chi connectivity index (χ1v) is 12.1.